The molecule has 1 amide bonds. The normalized spacial score (nSPS) is 16.4. The molecule has 0 saturated carbocycles. The number of carbonyl (C=O) groups excluding carboxylic acids is 2. The number of amides is 1. The first kappa shape index (κ1) is 15.8. The van der Waals surface area contributed by atoms with Crippen molar-refractivity contribution >= 4 is 33.4 Å². The maximum Gasteiger partial charge on any atom is 0.339 e. The lowest BCUT2D eigenvalue weighted by atomic mass is 9.98. The molecule has 126 valence electrons. The van der Waals surface area contributed by atoms with Gasteiger partial charge in [0.15, 0.2) is 6.10 Å². The van der Waals surface area contributed by atoms with Crippen LogP contribution in [-0.2, 0) is 22.5 Å². The second kappa shape index (κ2) is 6.29. The van der Waals surface area contributed by atoms with Crippen LogP contribution in [0.1, 0.15) is 20.9 Å². The van der Waals surface area contributed by atoms with Crippen molar-refractivity contribution in [3.63, 3.8) is 0 Å². The van der Waals surface area contributed by atoms with Crippen molar-refractivity contribution in [3.8, 4) is 0 Å². The maximum absolute atomic E-state index is 12.7. The molecular formula is C19H16N2O3S. The average molecular weight is 352 g/mol. The number of carbonyl (C=O) groups is 2. The van der Waals surface area contributed by atoms with Crippen molar-refractivity contribution in [3.05, 3.63) is 64.7 Å². The van der Waals surface area contributed by atoms with Crippen LogP contribution in [0.5, 0.6) is 0 Å². The zero-order valence-electron chi connectivity index (χ0n) is 13.6. The van der Waals surface area contributed by atoms with Crippen LogP contribution in [0, 0.1) is 0 Å². The molecule has 4 rings (SSSR count). The van der Waals surface area contributed by atoms with E-state index in [9.17, 15) is 9.59 Å². The molecule has 0 radical (unpaired) electrons. The zero-order valence-corrected chi connectivity index (χ0v) is 14.5. The lowest BCUT2D eigenvalue weighted by molar-refractivity contribution is -0.140. The van der Waals surface area contributed by atoms with Crippen molar-refractivity contribution in [1.82, 2.24) is 9.88 Å². The summed E-state index contributed by atoms with van der Waals surface area (Å²) in [5, 5.41) is 0.861. The molecule has 6 heteroatoms. The Morgan fingerprint density at radius 1 is 1.24 bits per heavy atom. The van der Waals surface area contributed by atoms with Gasteiger partial charge in [-0.25, -0.2) is 9.78 Å². The van der Waals surface area contributed by atoms with Crippen molar-refractivity contribution < 1.29 is 14.3 Å². The molecule has 0 bridgehead atoms. The van der Waals surface area contributed by atoms with E-state index in [0.29, 0.717) is 18.5 Å². The van der Waals surface area contributed by atoms with E-state index < -0.39 is 12.1 Å². The van der Waals surface area contributed by atoms with E-state index >= 15 is 0 Å². The first-order valence-corrected chi connectivity index (χ1v) is 8.82. The summed E-state index contributed by atoms with van der Waals surface area (Å²) in [5.74, 6) is -0.643. The van der Waals surface area contributed by atoms with Crippen LogP contribution in [-0.4, -0.2) is 34.9 Å². The van der Waals surface area contributed by atoms with Gasteiger partial charge in [0, 0.05) is 13.5 Å². The number of aromatic nitrogens is 1. The third kappa shape index (κ3) is 3.00. The number of cyclic esters (lactones) is 1. The van der Waals surface area contributed by atoms with Crippen LogP contribution in [0.25, 0.3) is 10.2 Å². The van der Waals surface area contributed by atoms with Crippen molar-refractivity contribution in [2.45, 2.75) is 19.1 Å². The second-order valence-corrected chi connectivity index (χ2v) is 7.14. The number of thiazole rings is 1. The molecule has 1 aromatic heterocycles. The molecule has 0 N–H and O–H groups in total. The summed E-state index contributed by atoms with van der Waals surface area (Å²) in [4.78, 5) is 30.9. The Bertz CT molecular complexity index is 933. The summed E-state index contributed by atoms with van der Waals surface area (Å²) < 4.78 is 6.44. The number of nitrogens with zero attached hydrogens (tertiary/aromatic N) is 2. The molecule has 3 aromatic rings. The standard InChI is InChI=1S/C19H16N2O3S/c1-21(11-17-20-14-8-4-5-9-16(14)25-17)18(22)15-10-12-6-2-3-7-13(12)19(23)24-15/h2-9,15H,10-11H2,1H3. The summed E-state index contributed by atoms with van der Waals surface area (Å²) in [7, 11) is 1.71. The number of hydrogen-bond acceptors (Lipinski definition) is 5. The minimum atomic E-state index is -0.776. The average Bonchev–Trinajstić information content (AvgIpc) is 3.03. The number of benzene rings is 2. The fourth-order valence-electron chi connectivity index (χ4n) is 2.98. The highest BCUT2D eigenvalue weighted by molar-refractivity contribution is 7.18. The molecule has 2 heterocycles. The predicted molar refractivity (Wildman–Crippen MR) is 95.4 cm³/mol. The Morgan fingerprint density at radius 3 is 2.84 bits per heavy atom. The smallest absolute Gasteiger partial charge is 0.339 e. The minimum absolute atomic E-state index is 0.206. The first-order valence-electron chi connectivity index (χ1n) is 8.00. The van der Waals surface area contributed by atoms with Crippen LogP contribution in [0.15, 0.2) is 48.5 Å². The molecule has 5 nitrogen and oxygen atoms in total. The fourth-order valence-corrected chi connectivity index (χ4v) is 4.00. The van der Waals surface area contributed by atoms with Gasteiger partial charge in [-0.3, -0.25) is 4.79 Å². The van der Waals surface area contributed by atoms with Gasteiger partial charge in [-0.05, 0) is 23.8 Å². The quantitative estimate of drug-likeness (QED) is 0.680. The third-order valence-electron chi connectivity index (χ3n) is 4.25. The van der Waals surface area contributed by atoms with E-state index in [1.807, 2.05) is 36.4 Å². The predicted octanol–water partition coefficient (Wildman–Crippen LogP) is 3.04. The van der Waals surface area contributed by atoms with Gasteiger partial charge in [0.1, 0.15) is 5.01 Å². The largest absolute Gasteiger partial charge is 0.448 e. The maximum atomic E-state index is 12.7. The highest BCUT2D eigenvalue weighted by Crippen LogP contribution is 2.24. The van der Waals surface area contributed by atoms with Gasteiger partial charge in [-0.1, -0.05) is 30.3 Å². The van der Waals surface area contributed by atoms with E-state index in [0.717, 1.165) is 20.8 Å². The molecule has 0 fully saturated rings. The molecule has 0 saturated heterocycles. The molecular weight excluding hydrogens is 336 g/mol. The SMILES string of the molecule is CN(Cc1nc2ccccc2s1)C(=O)C1Cc2ccccc2C(=O)O1. The molecule has 1 aliphatic rings. The molecule has 1 aliphatic heterocycles. The molecule has 2 aromatic carbocycles. The minimum Gasteiger partial charge on any atom is -0.448 e. The van der Waals surface area contributed by atoms with Crippen LogP contribution < -0.4 is 0 Å². The Morgan fingerprint density at radius 2 is 2.00 bits per heavy atom. The van der Waals surface area contributed by atoms with Crippen molar-refractivity contribution in [1.29, 1.82) is 0 Å². The number of para-hydroxylation sites is 1. The van der Waals surface area contributed by atoms with Crippen LogP contribution in [0.2, 0.25) is 0 Å². The van der Waals surface area contributed by atoms with Gasteiger partial charge >= 0.3 is 5.97 Å². The van der Waals surface area contributed by atoms with E-state index in [2.05, 4.69) is 4.98 Å². The highest BCUT2D eigenvalue weighted by Gasteiger charge is 2.33. The third-order valence-corrected chi connectivity index (χ3v) is 5.28. The lowest BCUT2D eigenvalue weighted by Gasteiger charge is -2.27. The van der Waals surface area contributed by atoms with Crippen molar-refractivity contribution in [2.24, 2.45) is 0 Å². The molecule has 1 unspecified atom stereocenters. The van der Waals surface area contributed by atoms with Gasteiger partial charge in [-0.15, -0.1) is 11.3 Å². The summed E-state index contributed by atoms with van der Waals surface area (Å²) in [5.41, 5.74) is 2.33. The lowest BCUT2D eigenvalue weighted by Crippen LogP contribution is -2.42. The highest BCUT2D eigenvalue weighted by atomic mass is 32.1. The van der Waals surface area contributed by atoms with Crippen LogP contribution in [0.4, 0.5) is 0 Å². The van der Waals surface area contributed by atoms with E-state index in [-0.39, 0.29) is 5.91 Å². The van der Waals surface area contributed by atoms with Gasteiger partial charge in [-0.2, -0.15) is 0 Å². The molecule has 0 aliphatic carbocycles. The summed E-state index contributed by atoms with van der Waals surface area (Å²) >= 11 is 1.57. The van der Waals surface area contributed by atoms with Gasteiger partial charge in [0.05, 0.1) is 22.3 Å². The van der Waals surface area contributed by atoms with E-state index in [4.69, 9.17) is 4.74 Å². The van der Waals surface area contributed by atoms with Gasteiger partial charge < -0.3 is 9.64 Å². The number of esters is 1. The number of fused-ring (bicyclic) bond motifs is 2. The summed E-state index contributed by atoms with van der Waals surface area (Å²) in [6.45, 7) is 0.397. The second-order valence-electron chi connectivity index (χ2n) is 6.02. The van der Waals surface area contributed by atoms with Crippen molar-refractivity contribution in [2.75, 3.05) is 7.05 Å². The molecule has 1 atom stereocenters. The van der Waals surface area contributed by atoms with E-state index in [1.54, 1.807) is 35.4 Å². The molecule has 25 heavy (non-hydrogen) atoms. The van der Waals surface area contributed by atoms with Gasteiger partial charge in [0.25, 0.3) is 5.91 Å². The monoisotopic (exact) mass is 352 g/mol. The Labute approximate surface area is 148 Å². The fraction of sp³-hybridized carbons (Fsp3) is 0.211. The Hall–Kier alpha value is -2.73. The summed E-state index contributed by atoms with van der Waals surface area (Å²) in [6, 6.07) is 15.1. The van der Waals surface area contributed by atoms with Gasteiger partial charge in [0.2, 0.25) is 0 Å². The Balaban J connectivity index is 1.50. The molecule has 0 spiro atoms. The number of hydrogen-bond donors (Lipinski definition) is 0. The number of ether oxygens (including phenoxy) is 1. The topological polar surface area (TPSA) is 59.5 Å². The summed E-state index contributed by atoms with van der Waals surface area (Å²) in [6.07, 6.45) is -0.368. The number of rotatable bonds is 3. The first-order chi connectivity index (χ1) is 12.1. The van der Waals surface area contributed by atoms with Crippen LogP contribution in [0.3, 0.4) is 0 Å². The Kier molecular flexibility index (Phi) is 3.97. The van der Waals surface area contributed by atoms with E-state index in [1.165, 1.54) is 0 Å². The van der Waals surface area contributed by atoms with Crippen LogP contribution >= 0.6 is 11.3 Å². The zero-order chi connectivity index (χ0) is 17.4. The number of likely N-dealkylation sites (N-methyl/N-ethyl adjacent to an activating group) is 1.